The van der Waals surface area contributed by atoms with E-state index in [4.69, 9.17) is 0 Å². The summed E-state index contributed by atoms with van der Waals surface area (Å²) in [6.45, 7) is 3.64. The molecule has 1 N–H and O–H groups in total. The normalized spacial score (nSPS) is 11.2. The topological polar surface area (TPSA) is 50.2 Å². The third-order valence-electron chi connectivity index (χ3n) is 3.36. The molecule has 0 fully saturated rings. The monoisotopic (exact) mass is 275 g/mol. The molecule has 3 aromatic rings. The Labute approximate surface area is 121 Å². The molecule has 0 radical (unpaired) electrons. The van der Waals surface area contributed by atoms with Crippen molar-refractivity contribution in [2.45, 2.75) is 0 Å². The van der Waals surface area contributed by atoms with E-state index in [2.05, 4.69) is 11.6 Å². The van der Waals surface area contributed by atoms with E-state index in [0.29, 0.717) is 27.4 Å². The lowest BCUT2D eigenvalue weighted by Crippen LogP contribution is -2.02. The largest absolute Gasteiger partial charge is 0.478 e. The first-order chi connectivity index (χ1) is 10.2. The summed E-state index contributed by atoms with van der Waals surface area (Å²) in [4.78, 5) is 16.3. The fourth-order valence-electron chi connectivity index (χ4n) is 2.50. The van der Waals surface area contributed by atoms with E-state index in [1.54, 1.807) is 18.2 Å². The first kappa shape index (κ1) is 13.1. The first-order valence-corrected chi connectivity index (χ1v) is 6.56. The second kappa shape index (κ2) is 5.21. The first-order valence-electron chi connectivity index (χ1n) is 6.56. The minimum Gasteiger partial charge on any atom is -0.478 e. The fourth-order valence-corrected chi connectivity index (χ4v) is 2.50. The number of aromatic carboxylic acids is 1. The van der Waals surface area contributed by atoms with Crippen molar-refractivity contribution in [1.82, 2.24) is 4.98 Å². The third-order valence-corrected chi connectivity index (χ3v) is 3.36. The van der Waals surface area contributed by atoms with Crippen LogP contribution in [0.1, 0.15) is 15.9 Å². The molecule has 21 heavy (non-hydrogen) atoms. The molecule has 0 aliphatic rings. The van der Waals surface area contributed by atoms with E-state index in [0.717, 1.165) is 5.56 Å². The summed E-state index contributed by atoms with van der Waals surface area (Å²) in [5.41, 5.74) is 2.48. The fraction of sp³-hybridized carbons (Fsp3) is 0. The number of fused-ring (bicyclic) bond motifs is 2. The quantitative estimate of drug-likeness (QED) is 0.573. The van der Waals surface area contributed by atoms with E-state index in [1.807, 2.05) is 42.5 Å². The molecule has 0 amide bonds. The van der Waals surface area contributed by atoms with Crippen molar-refractivity contribution in [3.05, 3.63) is 72.3 Å². The van der Waals surface area contributed by atoms with Gasteiger partial charge in [-0.1, -0.05) is 55.1 Å². The number of benzene rings is 2. The van der Waals surface area contributed by atoms with Crippen LogP contribution in [-0.2, 0) is 0 Å². The van der Waals surface area contributed by atoms with Crippen molar-refractivity contribution in [3.63, 3.8) is 0 Å². The predicted octanol–water partition coefficient (Wildman–Crippen LogP) is 4.29. The zero-order valence-electron chi connectivity index (χ0n) is 11.3. The molecule has 0 saturated carbocycles. The maximum Gasteiger partial charge on any atom is 0.337 e. The third kappa shape index (κ3) is 2.19. The highest BCUT2D eigenvalue weighted by molar-refractivity contribution is 6.15. The Morgan fingerprint density at radius 3 is 2.62 bits per heavy atom. The lowest BCUT2D eigenvalue weighted by Gasteiger charge is -2.09. The lowest BCUT2D eigenvalue weighted by atomic mass is 9.98. The molecule has 0 aliphatic carbocycles. The van der Waals surface area contributed by atoms with Gasteiger partial charge in [0.25, 0.3) is 0 Å². The SMILES string of the molecule is C=CC=Cc1cccc2nc3ccccc3c(C(=O)O)c12. The number of hydrogen-bond donors (Lipinski definition) is 1. The number of carboxylic acid groups (broad SMARTS) is 1. The van der Waals surface area contributed by atoms with Gasteiger partial charge < -0.3 is 5.11 Å². The molecule has 2 aromatic carbocycles. The van der Waals surface area contributed by atoms with Crippen LogP contribution in [-0.4, -0.2) is 16.1 Å². The molecular weight excluding hydrogens is 262 g/mol. The Morgan fingerprint density at radius 2 is 1.86 bits per heavy atom. The van der Waals surface area contributed by atoms with Crippen molar-refractivity contribution >= 4 is 33.9 Å². The van der Waals surface area contributed by atoms with E-state index in [-0.39, 0.29) is 0 Å². The molecule has 0 atom stereocenters. The summed E-state index contributed by atoms with van der Waals surface area (Å²) in [6, 6.07) is 12.9. The van der Waals surface area contributed by atoms with E-state index >= 15 is 0 Å². The Balaban J connectivity index is 2.53. The zero-order valence-corrected chi connectivity index (χ0v) is 11.3. The maximum atomic E-state index is 11.8. The van der Waals surface area contributed by atoms with Crippen LogP contribution in [0.15, 0.2) is 61.2 Å². The molecule has 3 nitrogen and oxygen atoms in total. The molecule has 1 heterocycles. The summed E-state index contributed by atoms with van der Waals surface area (Å²) in [5, 5.41) is 11.0. The van der Waals surface area contributed by atoms with Gasteiger partial charge in [-0.05, 0) is 17.7 Å². The van der Waals surface area contributed by atoms with Crippen LogP contribution in [0.3, 0.4) is 0 Å². The Bertz CT molecular complexity index is 894. The molecule has 0 bridgehead atoms. The maximum absolute atomic E-state index is 11.8. The van der Waals surface area contributed by atoms with Gasteiger partial charge in [-0.3, -0.25) is 0 Å². The standard InChI is InChI=1S/C18H13NO2/c1-2-3-7-12-8-6-11-15-16(12)17(18(20)21)13-9-4-5-10-14(13)19-15/h2-11H,1H2,(H,20,21). The Morgan fingerprint density at radius 1 is 1.10 bits per heavy atom. The number of carboxylic acids is 1. The zero-order chi connectivity index (χ0) is 14.8. The molecule has 102 valence electrons. The summed E-state index contributed by atoms with van der Waals surface area (Å²) in [6.07, 6.45) is 5.29. The summed E-state index contributed by atoms with van der Waals surface area (Å²) in [7, 11) is 0. The Kier molecular flexibility index (Phi) is 3.24. The van der Waals surface area contributed by atoms with Gasteiger partial charge in [0, 0.05) is 10.8 Å². The second-order valence-electron chi connectivity index (χ2n) is 4.65. The molecule has 0 spiro atoms. The smallest absolute Gasteiger partial charge is 0.337 e. The van der Waals surface area contributed by atoms with Crippen LogP contribution in [0.4, 0.5) is 0 Å². The van der Waals surface area contributed by atoms with E-state index in [9.17, 15) is 9.90 Å². The van der Waals surface area contributed by atoms with Crippen molar-refractivity contribution in [3.8, 4) is 0 Å². The van der Waals surface area contributed by atoms with Gasteiger partial charge in [0.1, 0.15) is 0 Å². The number of nitrogens with zero attached hydrogens (tertiary/aromatic N) is 1. The summed E-state index contributed by atoms with van der Waals surface area (Å²) >= 11 is 0. The predicted molar refractivity (Wildman–Crippen MR) is 85.4 cm³/mol. The van der Waals surface area contributed by atoms with Gasteiger partial charge >= 0.3 is 5.97 Å². The number of aromatic nitrogens is 1. The molecular formula is C18H13NO2. The van der Waals surface area contributed by atoms with Gasteiger partial charge in [0.15, 0.2) is 0 Å². The molecule has 3 rings (SSSR count). The van der Waals surface area contributed by atoms with Crippen LogP contribution in [0.5, 0.6) is 0 Å². The molecule has 0 unspecified atom stereocenters. The Hall–Kier alpha value is -2.94. The minimum absolute atomic E-state index is 0.292. The molecule has 1 aromatic heterocycles. The van der Waals surface area contributed by atoms with Crippen LogP contribution in [0, 0.1) is 0 Å². The van der Waals surface area contributed by atoms with Crippen molar-refractivity contribution in [1.29, 1.82) is 0 Å². The van der Waals surface area contributed by atoms with Gasteiger partial charge in [0.2, 0.25) is 0 Å². The number of hydrogen-bond acceptors (Lipinski definition) is 2. The highest BCUT2D eigenvalue weighted by atomic mass is 16.4. The van der Waals surface area contributed by atoms with Crippen molar-refractivity contribution < 1.29 is 9.90 Å². The summed E-state index contributed by atoms with van der Waals surface area (Å²) < 4.78 is 0. The average molecular weight is 275 g/mol. The number of rotatable bonds is 3. The van der Waals surface area contributed by atoms with Gasteiger partial charge in [-0.15, -0.1) is 0 Å². The van der Waals surface area contributed by atoms with Gasteiger partial charge in [-0.25, -0.2) is 9.78 Å². The number of pyridine rings is 1. The van der Waals surface area contributed by atoms with Crippen LogP contribution in [0.25, 0.3) is 27.9 Å². The van der Waals surface area contributed by atoms with Crippen LogP contribution in [0.2, 0.25) is 0 Å². The molecule has 0 aliphatic heterocycles. The number of allylic oxidation sites excluding steroid dienone is 2. The van der Waals surface area contributed by atoms with Crippen molar-refractivity contribution in [2.75, 3.05) is 0 Å². The van der Waals surface area contributed by atoms with Crippen LogP contribution < -0.4 is 0 Å². The number of para-hydroxylation sites is 1. The lowest BCUT2D eigenvalue weighted by molar-refractivity contribution is 0.0701. The second-order valence-corrected chi connectivity index (χ2v) is 4.65. The molecule has 3 heteroatoms. The highest BCUT2D eigenvalue weighted by Gasteiger charge is 2.16. The van der Waals surface area contributed by atoms with Gasteiger partial charge in [-0.2, -0.15) is 0 Å². The van der Waals surface area contributed by atoms with E-state index < -0.39 is 5.97 Å². The molecule has 0 saturated heterocycles. The highest BCUT2D eigenvalue weighted by Crippen LogP contribution is 2.29. The number of carbonyl (C=O) groups is 1. The van der Waals surface area contributed by atoms with E-state index in [1.165, 1.54) is 0 Å². The van der Waals surface area contributed by atoms with Gasteiger partial charge in [0.05, 0.1) is 16.6 Å². The minimum atomic E-state index is -0.946. The summed E-state index contributed by atoms with van der Waals surface area (Å²) in [5.74, 6) is -0.946. The van der Waals surface area contributed by atoms with Crippen molar-refractivity contribution in [2.24, 2.45) is 0 Å². The van der Waals surface area contributed by atoms with Crippen LogP contribution >= 0.6 is 0 Å². The average Bonchev–Trinajstić information content (AvgIpc) is 2.50.